The molecule has 1 heterocycles. The Morgan fingerprint density at radius 3 is 2.52 bits per heavy atom. The molecule has 1 aromatic heterocycles. The Kier molecular flexibility index (Phi) is 5.41. The third-order valence-corrected chi connectivity index (χ3v) is 4.09. The summed E-state index contributed by atoms with van der Waals surface area (Å²) in [7, 11) is 4.63. The van der Waals surface area contributed by atoms with Crippen LogP contribution in [0, 0.1) is 4.77 Å². The van der Waals surface area contributed by atoms with E-state index in [1.165, 1.54) is 11.8 Å². The topological polar surface area (TPSA) is 93.9 Å². The fraction of sp³-hybridized carbons (Fsp3) is 0.167. The Morgan fingerprint density at radius 1 is 1.07 bits per heavy atom. The smallest absolute Gasteiger partial charge is 0.216 e. The normalized spacial score (nSPS) is 10.9. The third kappa shape index (κ3) is 3.77. The summed E-state index contributed by atoms with van der Waals surface area (Å²) in [6.45, 7) is 0. The largest absolute Gasteiger partial charge is 0.504 e. The SMILES string of the molecule is COc1ccc(-c2n[nH]c(=S)n2/N=C\c2ccc(OC)c(O)c2)c(OC)c1. The van der Waals surface area contributed by atoms with Gasteiger partial charge in [-0.15, -0.1) is 0 Å². The summed E-state index contributed by atoms with van der Waals surface area (Å²) in [5, 5.41) is 21.3. The highest BCUT2D eigenvalue weighted by Crippen LogP contribution is 2.32. The second-order valence-electron chi connectivity index (χ2n) is 5.41. The first-order chi connectivity index (χ1) is 13.1. The molecule has 0 aliphatic carbocycles. The van der Waals surface area contributed by atoms with Gasteiger partial charge in [0.05, 0.1) is 33.1 Å². The number of nitrogens with zero attached hydrogens (tertiary/aromatic N) is 3. The molecule has 0 atom stereocenters. The highest BCUT2D eigenvalue weighted by Gasteiger charge is 2.14. The number of aromatic amines is 1. The number of ether oxygens (including phenoxy) is 3. The molecule has 0 unspecified atom stereocenters. The van der Waals surface area contributed by atoms with Crippen LogP contribution in [-0.4, -0.2) is 47.5 Å². The van der Waals surface area contributed by atoms with Crippen molar-refractivity contribution in [2.75, 3.05) is 21.3 Å². The van der Waals surface area contributed by atoms with Gasteiger partial charge in [0.25, 0.3) is 0 Å². The quantitative estimate of drug-likeness (QED) is 0.499. The zero-order valence-electron chi connectivity index (χ0n) is 15.0. The molecule has 0 spiro atoms. The van der Waals surface area contributed by atoms with Crippen molar-refractivity contribution < 1.29 is 19.3 Å². The number of phenols is 1. The van der Waals surface area contributed by atoms with Crippen molar-refractivity contribution in [2.45, 2.75) is 0 Å². The van der Waals surface area contributed by atoms with Gasteiger partial charge in [-0.05, 0) is 48.1 Å². The minimum absolute atomic E-state index is 0.0225. The molecule has 27 heavy (non-hydrogen) atoms. The number of benzene rings is 2. The van der Waals surface area contributed by atoms with E-state index in [0.717, 1.165) is 0 Å². The van der Waals surface area contributed by atoms with Gasteiger partial charge in [0, 0.05) is 6.07 Å². The van der Waals surface area contributed by atoms with Gasteiger partial charge >= 0.3 is 0 Å². The number of hydrogen-bond acceptors (Lipinski definition) is 7. The van der Waals surface area contributed by atoms with Crippen molar-refractivity contribution in [1.29, 1.82) is 0 Å². The molecule has 140 valence electrons. The molecule has 3 aromatic rings. The van der Waals surface area contributed by atoms with E-state index < -0.39 is 0 Å². The van der Waals surface area contributed by atoms with Gasteiger partial charge in [-0.25, -0.2) is 5.10 Å². The molecule has 0 saturated heterocycles. The number of nitrogens with one attached hydrogen (secondary N) is 1. The van der Waals surface area contributed by atoms with E-state index in [9.17, 15) is 5.11 Å². The van der Waals surface area contributed by atoms with Gasteiger partial charge in [-0.1, -0.05) is 0 Å². The summed E-state index contributed by atoms with van der Waals surface area (Å²) in [6, 6.07) is 10.3. The van der Waals surface area contributed by atoms with Gasteiger partial charge in [0.15, 0.2) is 17.3 Å². The van der Waals surface area contributed by atoms with Gasteiger partial charge in [-0.2, -0.15) is 14.9 Å². The number of hydrogen-bond donors (Lipinski definition) is 2. The zero-order valence-corrected chi connectivity index (χ0v) is 15.8. The molecule has 0 bridgehead atoms. The summed E-state index contributed by atoms with van der Waals surface area (Å²) < 4.78 is 17.5. The molecule has 0 radical (unpaired) electrons. The van der Waals surface area contributed by atoms with Gasteiger partial charge in [0.1, 0.15) is 11.5 Å². The predicted molar refractivity (Wildman–Crippen MR) is 104 cm³/mol. The Bertz CT molecular complexity index is 1040. The lowest BCUT2D eigenvalue weighted by Crippen LogP contribution is -1.98. The van der Waals surface area contributed by atoms with Gasteiger partial charge < -0.3 is 19.3 Å². The summed E-state index contributed by atoms with van der Waals surface area (Å²) in [4.78, 5) is 0. The van der Waals surface area contributed by atoms with Crippen LogP contribution in [0.15, 0.2) is 41.5 Å². The first-order valence-corrected chi connectivity index (χ1v) is 8.29. The van der Waals surface area contributed by atoms with Crippen molar-refractivity contribution in [3.63, 3.8) is 0 Å². The first kappa shape index (κ1) is 18.5. The number of aromatic nitrogens is 3. The Morgan fingerprint density at radius 2 is 1.85 bits per heavy atom. The second-order valence-corrected chi connectivity index (χ2v) is 5.79. The molecular formula is C18H18N4O4S. The monoisotopic (exact) mass is 386 g/mol. The van der Waals surface area contributed by atoms with E-state index >= 15 is 0 Å². The molecule has 2 N–H and O–H groups in total. The van der Waals surface area contributed by atoms with Crippen molar-refractivity contribution in [1.82, 2.24) is 14.9 Å². The summed E-state index contributed by atoms with van der Waals surface area (Å²) in [5.41, 5.74) is 1.37. The highest BCUT2D eigenvalue weighted by molar-refractivity contribution is 7.71. The number of methoxy groups -OCH3 is 3. The maximum Gasteiger partial charge on any atom is 0.216 e. The first-order valence-electron chi connectivity index (χ1n) is 7.88. The summed E-state index contributed by atoms with van der Waals surface area (Å²) in [6.07, 6.45) is 1.56. The molecule has 3 rings (SSSR count). The maximum atomic E-state index is 9.89. The highest BCUT2D eigenvalue weighted by atomic mass is 32.1. The molecule has 8 nitrogen and oxygen atoms in total. The fourth-order valence-electron chi connectivity index (χ4n) is 2.47. The van der Waals surface area contributed by atoms with Crippen LogP contribution in [0.3, 0.4) is 0 Å². The van der Waals surface area contributed by atoms with E-state index in [0.29, 0.717) is 39.0 Å². The lowest BCUT2D eigenvalue weighted by atomic mass is 10.2. The zero-order chi connectivity index (χ0) is 19.4. The van der Waals surface area contributed by atoms with Crippen LogP contribution in [0.4, 0.5) is 0 Å². The van der Waals surface area contributed by atoms with Crippen molar-refractivity contribution >= 4 is 18.4 Å². The number of phenolic OH excluding ortho intramolecular Hbond substituents is 1. The molecule has 0 fully saturated rings. The van der Waals surface area contributed by atoms with Crippen LogP contribution in [-0.2, 0) is 0 Å². The van der Waals surface area contributed by atoms with Crippen LogP contribution in [0.25, 0.3) is 11.4 Å². The molecule has 0 aliphatic heterocycles. The molecule has 0 saturated carbocycles. The third-order valence-electron chi connectivity index (χ3n) is 3.83. The minimum Gasteiger partial charge on any atom is -0.504 e. The van der Waals surface area contributed by atoms with Crippen molar-refractivity contribution in [2.24, 2.45) is 5.10 Å². The van der Waals surface area contributed by atoms with E-state index in [2.05, 4.69) is 15.3 Å². The Balaban J connectivity index is 2.01. The summed E-state index contributed by atoms with van der Waals surface area (Å²) >= 11 is 5.28. The fourth-order valence-corrected chi connectivity index (χ4v) is 2.65. The van der Waals surface area contributed by atoms with Crippen molar-refractivity contribution in [3.05, 3.63) is 46.7 Å². The van der Waals surface area contributed by atoms with Crippen LogP contribution in [0.1, 0.15) is 5.56 Å². The van der Waals surface area contributed by atoms with Gasteiger partial charge in [0.2, 0.25) is 4.77 Å². The van der Waals surface area contributed by atoms with Crippen LogP contribution in [0.2, 0.25) is 0 Å². The lowest BCUT2D eigenvalue weighted by Gasteiger charge is -2.09. The van der Waals surface area contributed by atoms with E-state index in [1.807, 2.05) is 6.07 Å². The predicted octanol–water partition coefficient (Wildman–Crippen LogP) is 3.22. The molecule has 9 heteroatoms. The summed E-state index contributed by atoms with van der Waals surface area (Å²) in [5.74, 6) is 2.12. The number of rotatable bonds is 6. The Hall–Kier alpha value is -3.33. The van der Waals surface area contributed by atoms with Gasteiger partial charge in [-0.3, -0.25) is 0 Å². The Labute approximate surface area is 160 Å². The number of aromatic hydroxyl groups is 1. The van der Waals surface area contributed by atoms with Crippen LogP contribution in [0.5, 0.6) is 23.0 Å². The maximum absolute atomic E-state index is 9.89. The average Bonchev–Trinajstić information content (AvgIpc) is 3.06. The molecule has 0 amide bonds. The average molecular weight is 386 g/mol. The molecule has 2 aromatic carbocycles. The van der Waals surface area contributed by atoms with E-state index in [1.54, 1.807) is 50.8 Å². The van der Waals surface area contributed by atoms with E-state index in [4.69, 9.17) is 26.4 Å². The lowest BCUT2D eigenvalue weighted by molar-refractivity contribution is 0.373. The molecular weight excluding hydrogens is 368 g/mol. The number of H-pyrrole nitrogens is 1. The standard InChI is InChI=1S/C18H18N4O4S/c1-24-12-5-6-13(16(9-12)26-3)17-20-21-18(27)22(17)19-10-11-4-7-15(25-2)14(23)8-11/h4-10,23H,1-3H3,(H,21,27)/b19-10-. The van der Waals surface area contributed by atoms with Crippen LogP contribution < -0.4 is 14.2 Å². The van der Waals surface area contributed by atoms with Crippen molar-refractivity contribution in [3.8, 4) is 34.4 Å². The minimum atomic E-state index is 0.0225. The molecule has 0 aliphatic rings. The van der Waals surface area contributed by atoms with E-state index in [-0.39, 0.29) is 5.75 Å². The van der Waals surface area contributed by atoms with Crippen LogP contribution >= 0.6 is 12.2 Å². The second kappa shape index (κ2) is 7.92.